The first-order valence-electron chi connectivity index (χ1n) is 4.95. The first-order chi connectivity index (χ1) is 7.51. The lowest BCUT2D eigenvalue weighted by atomic mass is 10.3. The zero-order valence-electron chi connectivity index (χ0n) is 9.87. The van der Waals surface area contributed by atoms with Gasteiger partial charge in [-0.1, -0.05) is 11.6 Å². The number of carbonyl (C=O) groups is 1. The second-order valence-corrected chi connectivity index (χ2v) is 3.91. The van der Waals surface area contributed by atoms with Gasteiger partial charge < -0.3 is 10.1 Å². The van der Waals surface area contributed by atoms with Gasteiger partial charge in [0.25, 0.3) is 0 Å². The van der Waals surface area contributed by atoms with Gasteiger partial charge in [-0.2, -0.15) is 5.10 Å². The van der Waals surface area contributed by atoms with E-state index in [0.717, 1.165) is 11.4 Å². The SMILES string of the molecule is CNC(Cn1nc(C)c(Cl)c1C)C(=O)OC. The van der Waals surface area contributed by atoms with Gasteiger partial charge in [0, 0.05) is 0 Å². The Labute approximate surface area is 99.7 Å². The summed E-state index contributed by atoms with van der Waals surface area (Å²) < 4.78 is 6.38. The Morgan fingerprint density at radius 1 is 1.62 bits per heavy atom. The number of methoxy groups -OCH3 is 1. The van der Waals surface area contributed by atoms with Gasteiger partial charge in [-0.25, -0.2) is 0 Å². The van der Waals surface area contributed by atoms with E-state index < -0.39 is 6.04 Å². The van der Waals surface area contributed by atoms with E-state index in [2.05, 4.69) is 15.2 Å². The maximum absolute atomic E-state index is 11.4. The number of aromatic nitrogens is 2. The largest absolute Gasteiger partial charge is 0.468 e. The minimum atomic E-state index is -0.418. The van der Waals surface area contributed by atoms with E-state index in [0.29, 0.717) is 11.6 Å². The number of halogens is 1. The van der Waals surface area contributed by atoms with E-state index in [9.17, 15) is 4.79 Å². The molecular formula is C10H16ClN3O2. The Bertz CT molecular complexity index is 390. The summed E-state index contributed by atoms with van der Waals surface area (Å²) in [6.07, 6.45) is 0. The molecule has 1 heterocycles. The van der Waals surface area contributed by atoms with Crippen molar-refractivity contribution in [3.63, 3.8) is 0 Å². The standard InChI is InChI=1S/C10H16ClN3O2/c1-6-9(11)7(2)14(13-6)5-8(12-3)10(15)16-4/h8,12H,5H2,1-4H3. The van der Waals surface area contributed by atoms with Crippen LogP contribution >= 0.6 is 11.6 Å². The first kappa shape index (κ1) is 13.0. The van der Waals surface area contributed by atoms with Crippen molar-refractivity contribution in [2.24, 2.45) is 0 Å². The van der Waals surface area contributed by atoms with Crippen molar-refractivity contribution in [2.45, 2.75) is 26.4 Å². The molecule has 1 unspecified atom stereocenters. The van der Waals surface area contributed by atoms with Gasteiger partial charge >= 0.3 is 5.97 Å². The Morgan fingerprint density at radius 2 is 2.25 bits per heavy atom. The predicted molar refractivity (Wildman–Crippen MR) is 61.6 cm³/mol. The third kappa shape index (κ3) is 2.54. The molecular weight excluding hydrogens is 230 g/mol. The molecule has 0 aliphatic heterocycles. The summed E-state index contributed by atoms with van der Waals surface area (Å²) in [5.74, 6) is -0.314. The first-order valence-corrected chi connectivity index (χ1v) is 5.33. The topological polar surface area (TPSA) is 56.2 Å². The van der Waals surface area contributed by atoms with Crippen molar-refractivity contribution in [3.8, 4) is 0 Å². The number of nitrogens with one attached hydrogen (secondary N) is 1. The molecule has 1 atom stereocenters. The number of aryl methyl sites for hydroxylation is 1. The zero-order valence-corrected chi connectivity index (χ0v) is 10.6. The lowest BCUT2D eigenvalue weighted by molar-refractivity contribution is -0.143. The molecule has 0 aliphatic rings. The summed E-state index contributed by atoms with van der Waals surface area (Å²) >= 11 is 6.02. The molecule has 1 aromatic heterocycles. The average molecular weight is 246 g/mol. The lowest BCUT2D eigenvalue weighted by Gasteiger charge is -2.14. The van der Waals surface area contributed by atoms with Crippen molar-refractivity contribution >= 4 is 17.6 Å². The van der Waals surface area contributed by atoms with Crippen LogP contribution in [0, 0.1) is 13.8 Å². The second-order valence-electron chi connectivity index (χ2n) is 3.53. The van der Waals surface area contributed by atoms with Crippen molar-refractivity contribution < 1.29 is 9.53 Å². The minimum absolute atomic E-state index is 0.314. The quantitative estimate of drug-likeness (QED) is 0.802. The summed E-state index contributed by atoms with van der Waals surface area (Å²) in [4.78, 5) is 11.4. The maximum atomic E-state index is 11.4. The van der Waals surface area contributed by atoms with E-state index in [1.807, 2.05) is 13.8 Å². The highest BCUT2D eigenvalue weighted by atomic mass is 35.5. The molecule has 0 spiro atoms. The van der Waals surface area contributed by atoms with Gasteiger partial charge in [0.15, 0.2) is 0 Å². The number of rotatable bonds is 4. The molecule has 1 rings (SSSR count). The monoisotopic (exact) mass is 245 g/mol. The number of carbonyl (C=O) groups excluding carboxylic acids is 1. The van der Waals surface area contributed by atoms with Crippen LogP contribution in [0.5, 0.6) is 0 Å². The maximum Gasteiger partial charge on any atom is 0.324 e. The summed E-state index contributed by atoms with van der Waals surface area (Å²) in [5.41, 5.74) is 1.61. The molecule has 1 aromatic rings. The molecule has 0 saturated heterocycles. The van der Waals surface area contributed by atoms with Crippen LogP contribution in [0.2, 0.25) is 5.02 Å². The summed E-state index contributed by atoms with van der Waals surface area (Å²) in [5, 5.41) is 7.77. The van der Waals surface area contributed by atoms with Crippen molar-refractivity contribution in [3.05, 3.63) is 16.4 Å². The third-order valence-electron chi connectivity index (χ3n) is 2.48. The minimum Gasteiger partial charge on any atom is -0.468 e. The number of esters is 1. The van der Waals surface area contributed by atoms with E-state index in [1.54, 1.807) is 11.7 Å². The Hall–Kier alpha value is -1.07. The number of nitrogens with zero attached hydrogens (tertiary/aromatic N) is 2. The fourth-order valence-electron chi connectivity index (χ4n) is 1.45. The van der Waals surface area contributed by atoms with Crippen LogP contribution < -0.4 is 5.32 Å². The Kier molecular flexibility index (Phi) is 4.32. The van der Waals surface area contributed by atoms with Crippen LogP contribution in [0.1, 0.15) is 11.4 Å². The molecule has 0 aromatic carbocycles. The molecule has 1 N–H and O–H groups in total. The molecule has 0 bridgehead atoms. The fraction of sp³-hybridized carbons (Fsp3) is 0.600. The third-order valence-corrected chi connectivity index (χ3v) is 3.03. The van der Waals surface area contributed by atoms with Crippen LogP contribution in [0.4, 0.5) is 0 Å². The highest BCUT2D eigenvalue weighted by Crippen LogP contribution is 2.19. The zero-order chi connectivity index (χ0) is 12.3. The van der Waals surface area contributed by atoms with Gasteiger partial charge in [0.05, 0.1) is 30.1 Å². The molecule has 0 fully saturated rings. The van der Waals surface area contributed by atoms with Crippen molar-refractivity contribution in [1.29, 1.82) is 0 Å². The van der Waals surface area contributed by atoms with Crippen molar-refractivity contribution in [1.82, 2.24) is 15.1 Å². The average Bonchev–Trinajstić information content (AvgIpc) is 2.52. The molecule has 0 amide bonds. The van der Waals surface area contributed by atoms with Gasteiger partial charge in [0.1, 0.15) is 6.04 Å². The summed E-state index contributed by atoms with van der Waals surface area (Å²) in [6, 6.07) is -0.418. The lowest BCUT2D eigenvalue weighted by Crippen LogP contribution is -2.39. The van der Waals surface area contributed by atoms with Crippen LogP contribution in [0.3, 0.4) is 0 Å². The van der Waals surface area contributed by atoms with E-state index in [-0.39, 0.29) is 5.97 Å². The predicted octanol–water partition coefficient (Wildman–Crippen LogP) is 0.914. The molecule has 16 heavy (non-hydrogen) atoms. The van der Waals surface area contributed by atoms with Crippen LogP contribution in [-0.2, 0) is 16.1 Å². The summed E-state index contributed by atoms with van der Waals surface area (Å²) in [6.45, 7) is 4.10. The van der Waals surface area contributed by atoms with Gasteiger partial charge in [-0.3, -0.25) is 9.48 Å². The molecule has 0 aliphatic carbocycles. The van der Waals surface area contributed by atoms with E-state index in [1.165, 1.54) is 7.11 Å². The van der Waals surface area contributed by atoms with Gasteiger partial charge in [-0.15, -0.1) is 0 Å². The van der Waals surface area contributed by atoms with Crippen molar-refractivity contribution in [2.75, 3.05) is 14.2 Å². The molecule has 6 heteroatoms. The van der Waals surface area contributed by atoms with Gasteiger partial charge in [0.2, 0.25) is 0 Å². The van der Waals surface area contributed by atoms with Crippen LogP contribution in [0.15, 0.2) is 0 Å². The normalized spacial score (nSPS) is 12.6. The second kappa shape index (κ2) is 5.32. The van der Waals surface area contributed by atoms with Crippen LogP contribution in [0.25, 0.3) is 0 Å². The molecule has 90 valence electrons. The summed E-state index contributed by atoms with van der Waals surface area (Å²) in [7, 11) is 3.07. The Balaban J connectivity index is 2.86. The van der Waals surface area contributed by atoms with E-state index in [4.69, 9.17) is 11.6 Å². The Morgan fingerprint density at radius 3 is 2.62 bits per heavy atom. The van der Waals surface area contributed by atoms with Crippen LogP contribution in [-0.4, -0.2) is 35.9 Å². The molecule has 0 radical (unpaired) electrons. The number of ether oxygens (including phenoxy) is 1. The number of hydrogen-bond acceptors (Lipinski definition) is 4. The van der Waals surface area contributed by atoms with Gasteiger partial charge in [-0.05, 0) is 20.9 Å². The highest BCUT2D eigenvalue weighted by Gasteiger charge is 2.20. The number of likely N-dealkylation sites (N-methyl/N-ethyl adjacent to an activating group) is 1. The highest BCUT2D eigenvalue weighted by molar-refractivity contribution is 6.31. The fourth-order valence-corrected chi connectivity index (χ4v) is 1.59. The number of hydrogen-bond donors (Lipinski definition) is 1. The smallest absolute Gasteiger partial charge is 0.324 e. The molecule has 0 saturated carbocycles. The molecule has 5 nitrogen and oxygen atoms in total. The van der Waals surface area contributed by atoms with E-state index >= 15 is 0 Å².